The number of rotatable bonds is 7. The summed E-state index contributed by atoms with van der Waals surface area (Å²) in [7, 11) is 0. The lowest BCUT2D eigenvalue weighted by molar-refractivity contribution is -0.131. The second kappa shape index (κ2) is 10.6. The summed E-state index contributed by atoms with van der Waals surface area (Å²) in [6.45, 7) is 8.33. The van der Waals surface area contributed by atoms with E-state index in [1.807, 2.05) is 4.90 Å². The van der Waals surface area contributed by atoms with Crippen LogP contribution >= 0.6 is 12.4 Å². The molecule has 1 heterocycles. The Morgan fingerprint density at radius 1 is 1.28 bits per heavy atom. The summed E-state index contributed by atoms with van der Waals surface area (Å²) in [5.41, 5.74) is 0. The van der Waals surface area contributed by atoms with Gasteiger partial charge in [-0.2, -0.15) is 0 Å². The van der Waals surface area contributed by atoms with Gasteiger partial charge in [-0.05, 0) is 51.6 Å². The van der Waals surface area contributed by atoms with Crippen LogP contribution in [0.1, 0.15) is 52.4 Å². The molecule has 0 atom stereocenters. The molecule has 0 aromatic heterocycles. The molecule has 1 N–H and O–H groups in total. The van der Waals surface area contributed by atoms with Crippen molar-refractivity contribution in [2.45, 2.75) is 52.4 Å². The van der Waals surface area contributed by atoms with Gasteiger partial charge in [-0.3, -0.25) is 4.79 Å². The first-order chi connectivity index (χ1) is 8.27. The molecule has 0 spiro atoms. The molecule has 1 rings (SSSR count). The first-order valence-corrected chi connectivity index (χ1v) is 7.26. The number of amides is 1. The standard InChI is InChI=1S/C14H28N2O.ClH/c1-3-5-12-16(4-2)14(17)7-6-13-8-10-15-11-9-13;/h13,15H,3-12H2,1-2H3;1H. The number of hydrogen-bond acceptors (Lipinski definition) is 2. The number of piperidine rings is 1. The van der Waals surface area contributed by atoms with Gasteiger partial charge in [-0.15, -0.1) is 12.4 Å². The lowest BCUT2D eigenvalue weighted by Crippen LogP contribution is -2.33. The van der Waals surface area contributed by atoms with Crippen LogP contribution in [0.2, 0.25) is 0 Å². The third kappa shape index (κ3) is 6.60. The van der Waals surface area contributed by atoms with Crippen molar-refractivity contribution in [3.63, 3.8) is 0 Å². The van der Waals surface area contributed by atoms with E-state index in [0.29, 0.717) is 5.91 Å². The molecule has 1 saturated heterocycles. The van der Waals surface area contributed by atoms with E-state index in [4.69, 9.17) is 0 Å². The number of unbranched alkanes of at least 4 members (excludes halogenated alkanes) is 1. The molecular weight excluding hydrogens is 248 g/mol. The number of nitrogens with one attached hydrogen (secondary N) is 1. The molecule has 3 nitrogen and oxygen atoms in total. The highest BCUT2D eigenvalue weighted by atomic mass is 35.5. The van der Waals surface area contributed by atoms with Gasteiger partial charge in [-0.25, -0.2) is 0 Å². The van der Waals surface area contributed by atoms with E-state index in [1.165, 1.54) is 12.8 Å². The Labute approximate surface area is 118 Å². The van der Waals surface area contributed by atoms with Gasteiger partial charge in [0, 0.05) is 19.5 Å². The van der Waals surface area contributed by atoms with Crippen molar-refractivity contribution in [3.8, 4) is 0 Å². The highest BCUT2D eigenvalue weighted by Crippen LogP contribution is 2.18. The molecule has 4 heteroatoms. The monoisotopic (exact) mass is 276 g/mol. The van der Waals surface area contributed by atoms with Crippen molar-refractivity contribution < 1.29 is 4.79 Å². The average Bonchev–Trinajstić information content (AvgIpc) is 2.38. The second-order valence-electron chi connectivity index (χ2n) is 5.06. The Morgan fingerprint density at radius 3 is 2.50 bits per heavy atom. The molecule has 1 aliphatic heterocycles. The summed E-state index contributed by atoms with van der Waals surface area (Å²) in [5, 5.41) is 3.37. The predicted molar refractivity (Wildman–Crippen MR) is 79.2 cm³/mol. The van der Waals surface area contributed by atoms with E-state index >= 15 is 0 Å². The van der Waals surface area contributed by atoms with Gasteiger partial charge in [0.2, 0.25) is 5.91 Å². The smallest absolute Gasteiger partial charge is 0.222 e. The van der Waals surface area contributed by atoms with Crippen LogP contribution < -0.4 is 5.32 Å². The van der Waals surface area contributed by atoms with Gasteiger partial charge >= 0.3 is 0 Å². The molecule has 108 valence electrons. The number of carbonyl (C=O) groups is 1. The van der Waals surface area contributed by atoms with E-state index in [9.17, 15) is 4.79 Å². The van der Waals surface area contributed by atoms with E-state index in [0.717, 1.165) is 57.8 Å². The summed E-state index contributed by atoms with van der Waals surface area (Å²) in [4.78, 5) is 14.1. The normalized spacial score (nSPS) is 16.1. The quantitative estimate of drug-likeness (QED) is 0.776. The summed E-state index contributed by atoms with van der Waals surface area (Å²) in [6, 6.07) is 0. The maximum absolute atomic E-state index is 12.0. The molecule has 0 bridgehead atoms. The molecule has 0 saturated carbocycles. The molecule has 1 aliphatic rings. The van der Waals surface area contributed by atoms with Crippen LogP contribution in [0.4, 0.5) is 0 Å². The number of nitrogens with zero attached hydrogens (tertiary/aromatic N) is 1. The third-order valence-corrected chi connectivity index (χ3v) is 3.74. The van der Waals surface area contributed by atoms with E-state index in [2.05, 4.69) is 19.2 Å². The van der Waals surface area contributed by atoms with Crippen LogP contribution in [0.5, 0.6) is 0 Å². The Bertz CT molecular complexity index is 218. The Kier molecular flexibility index (Phi) is 10.5. The lowest BCUT2D eigenvalue weighted by Gasteiger charge is -2.25. The zero-order valence-electron chi connectivity index (χ0n) is 11.9. The van der Waals surface area contributed by atoms with Crippen molar-refractivity contribution >= 4 is 18.3 Å². The van der Waals surface area contributed by atoms with Gasteiger partial charge in [0.25, 0.3) is 0 Å². The molecule has 18 heavy (non-hydrogen) atoms. The summed E-state index contributed by atoms with van der Waals surface area (Å²) in [6.07, 6.45) is 6.62. The van der Waals surface area contributed by atoms with Crippen molar-refractivity contribution in [2.75, 3.05) is 26.2 Å². The minimum Gasteiger partial charge on any atom is -0.343 e. The van der Waals surface area contributed by atoms with Gasteiger partial charge in [0.1, 0.15) is 0 Å². The van der Waals surface area contributed by atoms with Crippen LogP contribution in [0.25, 0.3) is 0 Å². The van der Waals surface area contributed by atoms with Crippen molar-refractivity contribution in [1.82, 2.24) is 10.2 Å². The van der Waals surface area contributed by atoms with Gasteiger partial charge in [-0.1, -0.05) is 13.3 Å². The fourth-order valence-corrected chi connectivity index (χ4v) is 2.46. The van der Waals surface area contributed by atoms with Crippen molar-refractivity contribution in [1.29, 1.82) is 0 Å². The summed E-state index contributed by atoms with van der Waals surface area (Å²) < 4.78 is 0. The largest absolute Gasteiger partial charge is 0.343 e. The minimum atomic E-state index is 0. The second-order valence-corrected chi connectivity index (χ2v) is 5.06. The molecule has 1 fully saturated rings. The Hall–Kier alpha value is -0.280. The topological polar surface area (TPSA) is 32.3 Å². The maximum Gasteiger partial charge on any atom is 0.222 e. The first kappa shape index (κ1) is 17.7. The molecule has 0 aliphatic carbocycles. The molecule has 0 unspecified atom stereocenters. The highest BCUT2D eigenvalue weighted by Gasteiger charge is 2.16. The summed E-state index contributed by atoms with van der Waals surface area (Å²) >= 11 is 0. The number of hydrogen-bond donors (Lipinski definition) is 1. The van der Waals surface area contributed by atoms with Gasteiger partial charge in [0.15, 0.2) is 0 Å². The molecule has 0 aromatic carbocycles. The predicted octanol–water partition coefficient (Wildman–Crippen LogP) is 2.84. The first-order valence-electron chi connectivity index (χ1n) is 7.26. The number of halogens is 1. The van der Waals surface area contributed by atoms with Gasteiger partial charge < -0.3 is 10.2 Å². The van der Waals surface area contributed by atoms with Crippen molar-refractivity contribution in [2.24, 2.45) is 5.92 Å². The number of carbonyl (C=O) groups excluding carboxylic acids is 1. The maximum atomic E-state index is 12.0. The molecule has 0 radical (unpaired) electrons. The van der Waals surface area contributed by atoms with Crippen LogP contribution in [0, 0.1) is 5.92 Å². The van der Waals surface area contributed by atoms with E-state index in [1.54, 1.807) is 0 Å². The average molecular weight is 277 g/mol. The fraction of sp³-hybridized carbons (Fsp3) is 0.929. The zero-order valence-corrected chi connectivity index (χ0v) is 12.7. The molecule has 1 amide bonds. The minimum absolute atomic E-state index is 0. The van der Waals surface area contributed by atoms with E-state index in [-0.39, 0.29) is 12.4 Å². The Balaban J connectivity index is 0.00000289. The third-order valence-electron chi connectivity index (χ3n) is 3.74. The highest BCUT2D eigenvalue weighted by molar-refractivity contribution is 5.85. The van der Waals surface area contributed by atoms with Crippen molar-refractivity contribution in [3.05, 3.63) is 0 Å². The van der Waals surface area contributed by atoms with Crippen LogP contribution in [-0.2, 0) is 4.79 Å². The SMILES string of the molecule is CCCCN(CC)C(=O)CCC1CCNCC1.Cl. The fourth-order valence-electron chi connectivity index (χ4n) is 2.46. The summed E-state index contributed by atoms with van der Waals surface area (Å²) in [5.74, 6) is 1.13. The molecular formula is C14H29ClN2O. The van der Waals surface area contributed by atoms with Crippen LogP contribution in [0.3, 0.4) is 0 Å². The Morgan fingerprint density at radius 2 is 1.94 bits per heavy atom. The van der Waals surface area contributed by atoms with Crippen LogP contribution in [-0.4, -0.2) is 37.0 Å². The van der Waals surface area contributed by atoms with E-state index < -0.39 is 0 Å². The molecule has 0 aromatic rings. The van der Waals surface area contributed by atoms with Gasteiger partial charge in [0.05, 0.1) is 0 Å². The van der Waals surface area contributed by atoms with Crippen LogP contribution in [0.15, 0.2) is 0 Å². The zero-order chi connectivity index (χ0) is 12.5. The lowest BCUT2D eigenvalue weighted by atomic mass is 9.93.